The lowest BCUT2D eigenvalue weighted by Crippen LogP contribution is -2.17. The Labute approximate surface area is 136 Å². The molecule has 1 heterocycles. The van der Waals surface area contributed by atoms with E-state index in [1.165, 1.54) is 31.3 Å². The van der Waals surface area contributed by atoms with E-state index in [-0.39, 0.29) is 0 Å². The molecular weight excluding hydrogens is 352 g/mol. The fraction of sp³-hybridized carbons (Fsp3) is 0.176. The molecule has 2 aromatic carbocycles. The molecule has 20 heavy (non-hydrogen) atoms. The third-order valence-corrected chi connectivity index (χ3v) is 6.30. The van der Waals surface area contributed by atoms with Gasteiger partial charge >= 0.3 is 0 Å². The van der Waals surface area contributed by atoms with Crippen molar-refractivity contribution in [2.75, 3.05) is 0 Å². The van der Waals surface area contributed by atoms with Crippen molar-refractivity contribution in [1.29, 1.82) is 0 Å². The SMILES string of the molecule is ClC1=CC=C2Cc3c(cc(Br)c4ccccc34)SC2C1. The number of halogens is 2. The first-order valence-corrected chi connectivity index (χ1v) is 8.69. The van der Waals surface area contributed by atoms with Gasteiger partial charge in [-0.25, -0.2) is 0 Å². The van der Waals surface area contributed by atoms with Crippen molar-refractivity contribution in [2.24, 2.45) is 0 Å². The highest BCUT2D eigenvalue weighted by atomic mass is 79.9. The number of hydrogen-bond donors (Lipinski definition) is 0. The predicted molar refractivity (Wildman–Crippen MR) is 91.6 cm³/mol. The van der Waals surface area contributed by atoms with Gasteiger partial charge in [-0.2, -0.15) is 0 Å². The van der Waals surface area contributed by atoms with Crippen molar-refractivity contribution in [3.8, 4) is 0 Å². The van der Waals surface area contributed by atoms with Crippen LogP contribution in [0.25, 0.3) is 10.8 Å². The molecule has 4 rings (SSSR count). The molecule has 0 amide bonds. The van der Waals surface area contributed by atoms with Crippen LogP contribution in [-0.4, -0.2) is 5.25 Å². The van der Waals surface area contributed by atoms with Gasteiger partial charge < -0.3 is 0 Å². The topological polar surface area (TPSA) is 0 Å². The second kappa shape index (κ2) is 4.94. The summed E-state index contributed by atoms with van der Waals surface area (Å²) in [5.41, 5.74) is 2.96. The highest BCUT2D eigenvalue weighted by Crippen LogP contribution is 2.46. The van der Waals surface area contributed by atoms with Gasteiger partial charge in [-0.1, -0.05) is 63.4 Å². The predicted octanol–water partition coefficient (Wildman–Crippen LogP) is 6.07. The molecule has 0 nitrogen and oxygen atoms in total. The third-order valence-electron chi connectivity index (χ3n) is 3.99. The lowest BCUT2D eigenvalue weighted by Gasteiger charge is -2.30. The Morgan fingerprint density at radius 2 is 1.95 bits per heavy atom. The fourth-order valence-corrected chi connectivity index (χ4v) is 5.41. The van der Waals surface area contributed by atoms with Gasteiger partial charge in [-0.15, -0.1) is 11.8 Å². The summed E-state index contributed by atoms with van der Waals surface area (Å²) in [5.74, 6) is 0. The molecule has 0 N–H and O–H groups in total. The van der Waals surface area contributed by atoms with Gasteiger partial charge in [0.1, 0.15) is 0 Å². The number of thioether (sulfide) groups is 1. The molecule has 0 fully saturated rings. The summed E-state index contributed by atoms with van der Waals surface area (Å²) in [5, 5.41) is 4.14. The van der Waals surface area contributed by atoms with E-state index in [1.54, 1.807) is 0 Å². The van der Waals surface area contributed by atoms with Crippen LogP contribution in [-0.2, 0) is 6.42 Å². The summed E-state index contributed by atoms with van der Waals surface area (Å²) in [7, 11) is 0. The highest BCUT2D eigenvalue weighted by molar-refractivity contribution is 9.10. The van der Waals surface area contributed by atoms with Crippen LogP contribution in [0, 0.1) is 0 Å². The van der Waals surface area contributed by atoms with Crippen molar-refractivity contribution in [2.45, 2.75) is 23.0 Å². The molecular formula is C17H12BrClS. The van der Waals surface area contributed by atoms with E-state index >= 15 is 0 Å². The van der Waals surface area contributed by atoms with Crippen LogP contribution in [0.2, 0.25) is 0 Å². The van der Waals surface area contributed by atoms with Crippen molar-refractivity contribution in [3.63, 3.8) is 0 Å². The van der Waals surface area contributed by atoms with Crippen molar-refractivity contribution >= 4 is 50.1 Å². The van der Waals surface area contributed by atoms with Gasteiger partial charge in [0.15, 0.2) is 0 Å². The van der Waals surface area contributed by atoms with Crippen LogP contribution in [0.3, 0.4) is 0 Å². The average molecular weight is 364 g/mol. The minimum atomic E-state index is 0.507. The highest BCUT2D eigenvalue weighted by Gasteiger charge is 2.27. The quantitative estimate of drug-likeness (QED) is 0.547. The zero-order chi connectivity index (χ0) is 13.7. The Morgan fingerprint density at radius 3 is 2.80 bits per heavy atom. The lowest BCUT2D eigenvalue weighted by molar-refractivity contribution is 0.892. The monoisotopic (exact) mass is 362 g/mol. The molecule has 1 unspecified atom stereocenters. The van der Waals surface area contributed by atoms with Gasteiger partial charge in [0.25, 0.3) is 0 Å². The molecule has 0 spiro atoms. The molecule has 0 saturated heterocycles. The zero-order valence-electron chi connectivity index (χ0n) is 10.7. The normalized spacial score (nSPS) is 21.0. The number of benzene rings is 2. The standard InChI is InChI=1S/C17H12BrClS/c18-15-9-17-14(12-3-1-2-4-13(12)15)7-10-5-6-11(19)8-16(10)20-17/h1-6,9,16H,7-8H2. The Morgan fingerprint density at radius 1 is 1.15 bits per heavy atom. The fourth-order valence-electron chi connectivity index (χ4n) is 2.98. The van der Waals surface area contributed by atoms with Crippen LogP contribution in [0.5, 0.6) is 0 Å². The number of fused-ring (bicyclic) bond motifs is 4. The van der Waals surface area contributed by atoms with Gasteiger partial charge in [-0.3, -0.25) is 0 Å². The lowest BCUT2D eigenvalue weighted by atomic mass is 9.93. The van der Waals surface area contributed by atoms with Crippen molar-refractivity contribution < 1.29 is 0 Å². The molecule has 0 bridgehead atoms. The molecule has 0 saturated carbocycles. The largest absolute Gasteiger partial charge is 0.118 e. The smallest absolute Gasteiger partial charge is 0.0359 e. The van der Waals surface area contributed by atoms with Crippen LogP contribution in [0.4, 0.5) is 0 Å². The molecule has 1 aliphatic heterocycles. The average Bonchev–Trinajstić information content (AvgIpc) is 2.46. The number of rotatable bonds is 0. The van der Waals surface area contributed by atoms with Gasteiger partial charge in [0.05, 0.1) is 0 Å². The summed E-state index contributed by atoms with van der Waals surface area (Å²) in [4.78, 5) is 1.39. The number of allylic oxidation sites excluding steroid dienone is 3. The van der Waals surface area contributed by atoms with Gasteiger partial charge in [0, 0.05) is 19.7 Å². The summed E-state index contributed by atoms with van der Waals surface area (Å²) < 4.78 is 1.18. The van der Waals surface area contributed by atoms with E-state index in [4.69, 9.17) is 11.6 Å². The molecule has 2 aromatic rings. The molecule has 3 heteroatoms. The van der Waals surface area contributed by atoms with E-state index in [2.05, 4.69) is 58.4 Å². The van der Waals surface area contributed by atoms with Gasteiger partial charge in [0.2, 0.25) is 0 Å². The van der Waals surface area contributed by atoms with E-state index in [9.17, 15) is 0 Å². The molecule has 2 aliphatic rings. The Bertz CT molecular complexity index is 776. The first-order chi connectivity index (χ1) is 9.72. The maximum absolute atomic E-state index is 6.18. The molecule has 1 aliphatic carbocycles. The first-order valence-electron chi connectivity index (χ1n) is 6.64. The van der Waals surface area contributed by atoms with E-state index in [0.29, 0.717) is 5.25 Å². The maximum atomic E-state index is 6.18. The van der Waals surface area contributed by atoms with E-state index < -0.39 is 0 Å². The Kier molecular flexibility index (Phi) is 3.21. The minimum Gasteiger partial charge on any atom is -0.118 e. The van der Waals surface area contributed by atoms with E-state index in [1.807, 2.05) is 11.8 Å². The van der Waals surface area contributed by atoms with Crippen LogP contribution in [0.15, 0.2) is 62.5 Å². The zero-order valence-corrected chi connectivity index (χ0v) is 13.9. The first kappa shape index (κ1) is 13.0. The van der Waals surface area contributed by atoms with Crippen LogP contribution in [0.1, 0.15) is 12.0 Å². The second-order valence-electron chi connectivity index (χ2n) is 5.22. The Balaban J connectivity index is 1.92. The minimum absolute atomic E-state index is 0.507. The number of hydrogen-bond acceptors (Lipinski definition) is 1. The van der Waals surface area contributed by atoms with Crippen molar-refractivity contribution in [1.82, 2.24) is 0 Å². The van der Waals surface area contributed by atoms with E-state index in [0.717, 1.165) is 17.9 Å². The van der Waals surface area contributed by atoms with Crippen LogP contribution >= 0.6 is 39.3 Å². The van der Waals surface area contributed by atoms with Crippen molar-refractivity contribution in [3.05, 3.63) is 63.1 Å². The molecule has 100 valence electrons. The molecule has 0 radical (unpaired) electrons. The van der Waals surface area contributed by atoms with Crippen LogP contribution < -0.4 is 0 Å². The third kappa shape index (κ3) is 2.05. The summed E-state index contributed by atoms with van der Waals surface area (Å²) in [6.45, 7) is 0. The Hall–Kier alpha value is -0.700. The summed E-state index contributed by atoms with van der Waals surface area (Å²) >= 11 is 11.8. The molecule has 0 aromatic heterocycles. The van der Waals surface area contributed by atoms with Gasteiger partial charge in [-0.05, 0) is 41.3 Å². The second-order valence-corrected chi connectivity index (χ2v) is 7.81. The molecule has 1 atom stereocenters. The summed E-state index contributed by atoms with van der Waals surface area (Å²) in [6.07, 6.45) is 6.27. The maximum Gasteiger partial charge on any atom is 0.0359 e. The summed E-state index contributed by atoms with van der Waals surface area (Å²) in [6, 6.07) is 10.9.